The lowest BCUT2D eigenvalue weighted by Crippen LogP contribution is -2.77. The minimum atomic E-state index is -1.80. The quantitative estimate of drug-likeness (QED) is 0.590. The Labute approximate surface area is 121 Å². The number of aliphatic hydroxyl groups is 2. The molecular weight excluding hydrogens is 272 g/mol. The van der Waals surface area contributed by atoms with Gasteiger partial charge in [0, 0.05) is 6.92 Å². The number of aromatic nitrogens is 1. The van der Waals surface area contributed by atoms with E-state index in [4.69, 9.17) is 0 Å². The molecule has 0 fully saturated rings. The molecule has 3 rings (SSSR count). The first-order chi connectivity index (χ1) is 9.78. The van der Waals surface area contributed by atoms with Gasteiger partial charge in [-0.25, -0.2) is 4.57 Å². The van der Waals surface area contributed by atoms with E-state index in [0.29, 0.717) is 5.82 Å². The smallest absolute Gasteiger partial charge is 0.285 e. The number of carbonyl (C=O) groups excluding carboxylic acids is 1. The van der Waals surface area contributed by atoms with Crippen molar-refractivity contribution in [3.05, 3.63) is 36.5 Å². The molecule has 6 heteroatoms. The van der Waals surface area contributed by atoms with Crippen LogP contribution in [0.4, 0.5) is 5.82 Å². The largest absolute Gasteiger partial charge is 0.545 e. The zero-order valence-corrected chi connectivity index (χ0v) is 11.7. The molecular formula is C15H16N2O4. The van der Waals surface area contributed by atoms with Crippen molar-refractivity contribution >= 4 is 22.6 Å². The highest BCUT2D eigenvalue weighted by Crippen LogP contribution is 2.33. The molecule has 1 aliphatic heterocycles. The minimum absolute atomic E-state index is 0.426. The summed E-state index contributed by atoms with van der Waals surface area (Å²) in [5.41, 5.74) is -3.58. The minimum Gasteiger partial charge on any atom is -0.545 e. The Balaban J connectivity index is 2.34. The molecule has 21 heavy (non-hydrogen) atoms. The Bertz CT molecular complexity index is 744. The number of rotatable bonds is 1. The molecule has 0 aliphatic carbocycles. The van der Waals surface area contributed by atoms with E-state index in [-0.39, 0.29) is 0 Å². The summed E-state index contributed by atoms with van der Waals surface area (Å²) in [6.45, 7) is 2.67. The standard InChI is InChI=1S/C15H16N2O4/c1-14(13(19)20)12(18)15(2,21)17-8-7-9-5-3-4-6-10(9)11(17)16-14/h3-8,12,18,21H,1-2H3,(H,19,20)/t12-,14-,15+/m0/s1. The Hall–Kier alpha value is -2.18. The normalized spacial score (nSPS) is 31.5. The van der Waals surface area contributed by atoms with Crippen LogP contribution in [0.1, 0.15) is 13.8 Å². The molecule has 3 N–H and O–H groups in total. The summed E-state index contributed by atoms with van der Waals surface area (Å²) in [5.74, 6) is -1.05. The maximum atomic E-state index is 11.5. The van der Waals surface area contributed by atoms with Gasteiger partial charge < -0.3 is 20.1 Å². The summed E-state index contributed by atoms with van der Waals surface area (Å²) >= 11 is 0. The summed E-state index contributed by atoms with van der Waals surface area (Å²) in [6.07, 6.45) is 0.0385. The first kappa shape index (κ1) is 13.8. The van der Waals surface area contributed by atoms with Gasteiger partial charge >= 0.3 is 0 Å². The third-order valence-corrected chi connectivity index (χ3v) is 4.21. The van der Waals surface area contributed by atoms with Crippen molar-refractivity contribution in [2.75, 3.05) is 5.32 Å². The number of fused-ring (bicyclic) bond motifs is 3. The monoisotopic (exact) mass is 288 g/mol. The van der Waals surface area contributed by atoms with Crippen LogP contribution in [0.5, 0.6) is 0 Å². The molecule has 3 atom stereocenters. The van der Waals surface area contributed by atoms with E-state index in [9.17, 15) is 20.1 Å². The number of pyridine rings is 1. The van der Waals surface area contributed by atoms with E-state index in [1.165, 1.54) is 18.4 Å². The van der Waals surface area contributed by atoms with E-state index >= 15 is 0 Å². The lowest BCUT2D eigenvalue weighted by molar-refractivity contribution is -0.805. The Morgan fingerprint density at radius 2 is 2.00 bits per heavy atom. The number of anilines is 1. The molecule has 0 bridgehead atoms. The van der Waals surface area contributed by atoms with Crippen LogP contribution in [0, 0.1) is 0 Å². The second-order valence-corrected chi connectivity index (χ2v) is 5.73. The fraction of sp³-hybridized carbons (Fsp3) is 0.333. The lowest BCUT2D eigenvalue weighted by Gasteiger charge is -2.43. The van der Waals surface area contributed by atoms with Gasteiger partial charge in [-0.05, 0) is 24.4 Å². The third kappa shape index (κ3) is 1.73. The van der Waals surface area contributed by atoms with Gasteiger partial charge in [0.05, 0.1) is 17.6 Å². The van der Waals surface area contributed by atoms with Crippen LogP contribution in [-0.2, 0) is 10.5 Å². The molecule has 2 heterocycles. The molecule has 0 saturated carbocycles. The van der Waals surface area contributed by atoms with E-state index in [0.717, 1.165) is 10.8 Å². The zero-order valence-electron chi connectivity index (χ0n) is 11.7. The highest BCUT2D eigenvalue weighted by atomic mass is 16.4. The average Bonchev–Trinajstić information content (AvgIpc) is 2.45. The van der Waals surface area contributed by atoms with Crippen molar-refractivity contribution in [2.45, 2.75) is 31.2 Å². The van der Waals surface area contributed by atoms with E-state index < -0.39 is 23.3 Å². The molecule has 0 unspecified atom stereocenters. The number of carboxylic acids is 1. The Morgan fingerprint density at radius 3 is 2.67 bits per heavy atom. The number of nitrogens with zero attached hydrogens (tertiary/aromatic N) is 1. The number of benzene rings is 1. The van der Waals surface area contributed by atoms with Crippen LogP contribution >= 0.6 is 0 Å². The van der Waals surface area contributed by atoms with E-state index in [1.54, 1.807) is 12.3 Å². The van der Waals surface area contributed by atoms with Crippen LogP contribution in [0.15, 0.2) is 36.5 Å². The molecule has 0 amide bonds. The molecule has 1 aromatic heterocycles. The molecule has 1 aliphatic rings. The number of nitrogens with one attached hydrogen (secondary N) is 1. The van der Waals surface area contributed by atoms with Crippen LogP contribution in [0.3, 0.4) is 0 Å². The Kier molecular flexibility index (Phi) is 2.73. The highest BCUT2D eigenvalue weighted by molar-refractivity contribution is 5.93. The summed E-state index contributed by atoms with van der Waals surface area (Å²) in [4.78, 5) is 11.5. The fourth-order valence-corrected chi connectivity index (χ4v) is 2.88. The maximum absolute atomic E-state index is 11.5. The second-order valence-electron chi connectivity index (χ2n) is 5.73. The summed E-state index contributed by atoms with van der Waals surface area (Å²) in [6, 6.07) is 9.18. The van der Waals surface area contributed by atoms with Crippen LogP contribution in [-0.4, -0.2) is 27.8 Å². The number of hydrogen-bond donors (Lipinski definition) is 3. The maximum Gasteiger partial charge on any atom is 0.285 e. The summed E-state index contributed by atoms with van der Waals surface area (Å²) in [7, 11) is 0. The first-order valence-electron chi connectivity index (χ1n) is 6.62. The SMILES string of the molecule is C[C@]1(C(=O)[O-])Nc2c3ccccc3cc[n+]2[C@](C)(O)[C@H]1O. The molecule has 110 valence electrons. The van der Waals surface area contributed by atoms with Crippen molar-refractivity contribution in [1.29, 1.82) is 0 Å². The highest BCUT2D eigenvalue weighted by Gasteiger charge is 2.57. The topological polar surface area (TPSA) is 96.5 Å². The van der Waals surface area contributed by atoms with Gasteiger partial charge in [0.25, 0.3) is 5.82 Å². The Morgan fingerprint density at radius 1 is 1.33 bits per heavy atom. The van der Waals surface area contributed by atoms with Gasteiger partial charge in [0.2, 0.25) is 5.72 Å². The third-order valence-electron chi connectivity index (χ3n) is 4.21. The van der Waals surface area contributed by atoms with Crippen molar-refractivity contribution in [3.8, 4) is 0 Å². The van der Waals surface area contributed by atoms with E-state index in [2.05, 4.69) is 5.32 Å². The van der Waals surface area contributed by atoms with Gasteiger partial charge in [0.15, 0.2) is 11.6 Å². The summed E-state index contributed by atoms with van der Waals surface area (Å²) < 4.78 is 1.44. The van der Waals surface area contributed by atoms with Crippen molar-refractivity contribution < 1.29 is 24.7 Å². The fourth-order valence-electron chi connectivity index (χ4n) is 2.88. The zero-order chi connectivity index (χ0) is 15.4. The van der Waals surface area contributed by atoms with Crippen molar-refractivity contribution in [1.82, 2.24) is 0 Å². The van der Waals surface area contributed by atoms with Crippen molar-refractivity contribution in [3.63, 3.8) is 0 Å². The summed E-state index contributed by atoms with van der Waals surface area (Å²) in [5, 5.41) is 36.8. The van der Waals surface area contributed by atoms with Crippen molar-refractivity contribution in [2.24, 2.45) is 0 Å². The molecule has 0 spiro atoms. The van der Waals surface area contributed by atoms with Crippen LogP contribution < -0.4 is 15.0 Å². The van der Waals surface area contributed by atoms with Gasteiger partial charge in [-0.3, -0.25) is 5.32 Å². The number of aliphatic carboxylic acids is 1. The molecule has 1 aromatic carbocycles. The van der Waals surface area contributed by atoms with Gasteiger partial charge in [-0.2, -0.15) is 0 Å². The van der Waals surface area contributed by atoms with Gasteiger partial charge in [0.1, 0.15) is 0 Å². The van der Waals surface area contributed by atoms with E-state index in [1.807, 2.05) is 24.3 Å². The van der Waals surface area contributed by atoms with Gasteiger partial charge in [-0.15, -0.1) is 0 Å². The molecule has 0 saturated heterocycles. The van der Waals surface area contributed by atoms with Crippen LogP contribution in [0.25, 0.3) is 10.8 Å². The number of carboxylic acid groups (broad SMARTS) is 1. The number of aliphatic hydroxyl groups excluding tert-OH is 1. The molecule has 0 radical (unpaired) electrons. The number of carbonyl (C=O) groups is 1. The van der Waals surface area contributed by atoms with Crippen LogP contribution in [0.2, 0.25) is 0 Å². The molecule has 6 nitrogen and oxygen atoms in total. The van der Waals surface area contributed by atoms with Gasteiger partial charge in [-0.1, -0.05) is 18.2 Å². The predicted octanol–water partition coefficient (Wildman–Crippen LogP) is -0.913. The molecule has 2 aromatic rings. The predicted molar refractivity (Wildman–Crippen MR) is 73.1 cm³/mol. The number of hydrogen-bond acceptors (Lipinski definition) is 5. The second kappa shape index (κ2) is 4.16. The first-order valence-corrected chi connectivity index (χ1v) is 6.62. The average molecular weight is 288 g/mol. The lowest BCUT2D eigenvalue weighted by atomic mass is 9.84.